The Morgan fingerprint density at radius 3 is 1.90 bits per heavy atom. The van der Waals surface area contributed by atoms with Gasteiger partial charge in [0.2, 0.25) is 5.91 Å². The minimum Gasteiger partial charge on any atom is -0.399 e. The highest BCUT2D eigenvalue weighted by molar-refractivity contribution is 14.1. The summed E-state index contributed by atoms with van der Waals surface area (Å²) in [4.78, 5) is 13.3. The fourth-order valence-electron chi connectivity index (χ4n) is 2.12. The predicted molar refractivity (Wildman–Crippen MR) is 93.3 cm³/mol. The van der Waals surface area contributed by atoms with Gasteiger partial charge in [0.05, 0.1) is 6.54 Å². The largest absolute Gasteiger partial charge is 0.399 e. The molecule has 0 saturated carbocycles. The van der Waals surface area contributed by atoms with Gasteiger partial charge in [0, 0.05) is 22.3 Å². The van der Waals surface area contributed by atoms with Crippen molar-refractivity contribution in [3.8, 4) is 0 Å². The van der Waals surface area contributed by atoms with Crippen LogP contribution in [0.15, 0.2) is 48.5 Å². The van der Waals surface area contributed by atoms with Gasteiger partial charge in [-0.05, 0) is 58.0 Å². The van der Waals surface area contributed by atoms with Crippen molar-refractivity contribution in [1.82, 2.24) is 4.90 Å². The molecule has 0 aliphatic heterocycles. The Kier molecular flexibility index (Phi) is 5.58. The number of nitrogens with zero attached hydrogens (tertiary/aromatic N) is 1. The zero-order valence-corrected chi connectivity index (χ0v) is 13.8. The molecule has 0 saturated heterocycles. The number of carbonyl (C=O) groups excluding carboxylic acids is 1. The molecule has 0 fully saturated rings. The van der Waals surface area contributed by atoms with Crippen LogP contribution in [0.5, 0.6) is 0 Å². The summed E-state index contributed by atoms with van der Waals surface area (Å²) in [5, 5.41) is 0. The van der Waals surface area contributed by atoms with E-state index < -0.39 is 0 Å². The van der Waals surface area contributed by atoms with Crippen LogP contribution in [0.4, 0.5) is 5.69 Å². The lowest BCUT2D eigenvalue weighted by molar-refractivity contribution is -0.119. The van der Waals surface area contributed by atoms with E-state index in [9.17, 15) is 4.79 Å². The third-order valence-electron chi connectivity index (χ3n) is 3.08. The number of benzene rings is 2. The summed E-state index contributed by atoms with van der Waals surface area (Å²) in [5.41, 5.74) is 14.0. The molecule has 0 aromatic heterocycles. The average molecular weight is 395 g/mol. The van der Waals surface area contributed by atoms with E-state index in [1.54, 1.807) is 0 Å². The van der Waals surface area contributed by atoms with Crippen LogP contribution in [0.1, 0.15) is 11.1 Å². The fraction of sp³-hybridized carbons (Fsp3) is 0.188. The number of carbonyl (C=O) groups is 1. The van der Waals surface area contributed by atoms with Crippen LogP contribution in [0.25, 0.3) is 0 Å². The lowest BCUT2D eigenvalue weighted by atomic mass is 10.1. The second-order valence-corrected chi connectivity index (χ2v) is 6.23. The van der Waals surface area contributed by atoms with E-state index in [2.05, 4.69) is 46.9 Å². The van der Waals surface area contributed by atoms with Crippen molar-refractivity contribution in [1.29, 1.82) is 0 Å². The predicted octanol–water partition coefficient (Wildman–Crippen LogP) is 2.36. The summed E-state index contributed by atoms with van der Waals surface area (Å²) in [6.45, 7) is 1.58. The minimum atomic E-state index is -0.323. The molecule has 1 amide bonds. The van der Waals surface area contributed by atoms with Gasteiger partial charge in [-0.2, -0.15) is 0 Å². The van der Waals surface area contributed by atoms with Crippen LogP contribution in [0.3, 0.4) is 0 Å². The number of rotatable bonds is 6. The van der Waals surface area contributed by atoms with Crippen LogP contribution in [0.2, 0.25) is 0 Å². The van der Waals surface area contributed by atoms with Crippen molar-refractivity contribution in [2.24, 2.45) is 5.73 Å². The highest BCUT2D eigenvalue weighted by Crippen LogP contribution is 2.13. The molecule has 0 radical (unpaired) electrons. The molecule has 4 N–H and O–H groups in total. The van der Waals surface area contributed by atoms with E-state index in [0.717, 1.165) is 16.8 Å². The molecule has 4 nitrogen and oxygen atoms in total. The normalized spacial score (nSPS) is 10.8. The number of amides is 1. The maximum absolute atomic E-state index is 11.3. The first-order valence-electron chi connectivity index (χ1n) is 6.62. The first-order chi connectivity index (χ1) is 10.0. The van der Waals surface area contributed by atoms with E-state index in [1.807, 2.05) is 29.2 Å². The van der Waals surface area contributed by atoms with Crippen molar-refractivity contribution in [2.75, 3.05) is 12.3 Å². The highest BCUT2D eigenvalue weighted by Gasteiger charge is 2.10. The summed E-state index contributed by atoms with van der Waals surface area (Å²) in [7, 11) is 0. The number of primary amides is 1. The first kappa shape index (κ1) is 15.8. The molecule has 2 aromatic carbocycles. The lowest BCUT2D eigenvalue weighted by Crippen LogP contribution is -2.33. The van der Waals surface area contributed by atoms with Crippen LogP contribution in [-0.2, 0) is 17.9 Å². The number of hydrogen-bond donors (Lipinski definition) is 2. The average Bonchev–Trinajstić information content (AvgIpc) is 2.43. The molecule has 0 bridgehead atoms. The Hall–Kier alpha value is -1.60. The first-order valence-corrected chi connectivity index (χ1v) is 7.70. The number of nitrogen functional groups attached to an aromatic ring is 1. The number of anilines is 1. The quantitative estimate of drug-likeness (QED) is 0.583. The van der Waals surface area contributed by atoms with E-state index in [-0.39, 0.29) is 12.5 Å². The van der Waals surface area contributed by atoms with Gasteiger partial charge in [0.1, 0.15) is 0 Å². The number of halogens is 1. The van der Waals surface area contributed by atoms with Crippen molar-refractivity contribution in [3.05, 3.63) is 63.2 Å². The molecule has 0 aliphatic carbocycles. The molecule has 0 aliphatic rings. The topological polar surface area (TPSA) is 72.4 Å². The summed E-state index contributed by atoms with van der Waals surface area (Å²) >= 11 is 2.27. The van der Waals surface area contributed by atoms with Gasteiger partial charge in [0.15, 0.2) is 0 Å². The Labute approximate surface area is 138 Å². The van der Waals surface area contributed by atoms with E-state index in [4.69, 9.17) is 11.5 Å². The van der Waals surface area contributed by atoms with Crippen LogP contribution in [-0.4, -0.2) is 17.4 Å². The standard InChI is InChI=1S/C16H18IN3O/c17-14-5-1-12(2-6-14)9-20(11-16(19)21)10-13-3-7-15(18)8-4-13/h1-8H,9-11,18H2,(H2,19,21). The highest BCUT2D eigenvalue weighted by atomic mass is 127. The van der Waals surface area contributed by atoms with Gasteiger partial charge in [-0.1, -0.05) is 24.3 Å². The molecule has 5 heteroatoms. The number of hydrogen-bond acceptors (Lipinski definition) is 3. The van der Waals surface area contributed by atoms with Crippen molar-refractivity contribution in [3.63, 3.8) is 0 Å². The molecular formula is C16H18IN3O. The molecule has 0 spiro atoms. The van der Waals surface area contributed by atoms with Crippen molar-refractivity contribution in [2.45, 2.75) is 13.1 Å². The van der Waals surface area contributed by atoms with Crippen LogP contribution >= 0.6 is 22.6 Å². The maximum atomic E-state index is 11.3. The Morgan fingerprint density at radius 1 is 0.952 bits per heavy atom. The van der Waals surface area contributed by atoms with Gasteiger partial charge < -0.3 is 11.5 Å². The van der Waals surface area contributed by atoms with E-state index in [1.165, 1.54) is 3.57 Å². The second kappa shape index (κ2) is 7.42. The zero-order valence-electron chi connectivity index (χ0n) is 11.6. The number of nitrogens with two attached hydrogens (primary N) is 2. The molecule has 0 unspecified atom stereocenters. The minimum absolute atomic E-state index is 0.233. The maximum Gasteiger partial charge on any atom is 0.231 e. The Bertz CT molecular complexity index is 548. The summed E-state index contributed by atoms with van der Waals surface area (Å²) < 4.78 is 1.19. The van der Waals surface area contributed by atoms with Gasteiger partial charge in [-0.3, -0.25) is 9.69 Å². The molecule has 21 heavy (non-hydrogen) atoms. The summed E-state index contributed by atoms with van der Waals surface area (Å²) in [5.74, 6) is -0.323. The van der Waals surface area contributed by atoms with Gasteiger partial charge in [-0.25, -0.2) is 0 Å². The molecule has 2 aromatic rings. The van der Waals surface area contributed by atoms with Gasteiger partial charge in [-0.15, -0.1) is 0 Å². The van der Waals surface area contributed by atoms with Crippen LogP contribution in [0, 0.1) is 3.57 Å². The van der Waals surface area contributed by atoms with E-state index >= 15 is 0 Å². The zero-order chi connectivity index (χ0) is 15.2. The smallest absolute Gasteiger partial charge is 0.231 e. The molecule has 0 atom stereocenters. The lowest BCUT2D eigenvalue weighted by Gasteiger charge is -2.21. The monoisotopic (exact) mass is 395 g/mol. The van der Waals surface area contributed by atoms with Gasteiger partial charge in [0.25, 0.3) is 0 Å². The third-order valence-corrected chi connectivity index (χ3v) is 3.80. The fourth-order valence-corrected chi connectivity index (χ4v) is 2.48. The molecule has 2 rings (SSSR count). The second-order valence-electron chi connectivity index (χ2n) is 4.98. The van der Waals surface area contributed by atoms with Crippen molar-refractivity contribution < 1.29 is 4.79 Å². The van der Waals surface area contributed by atoms with Gasteiger partial charge >= 0.3 is 0 Å². The Balaban J connectivity index is 2.08. The third kappa shape index (κ3) is 5.35. The molecule has 0 heterocycles. The summed E-state index contributed by atoms with van der Waals surface area (Å²) in [6, 6.07) is 15.9. The molecule has 110 valence electrons. The van der Waals surface area contributed by atoms with Crippen LogP contribution < -0.4 is 11.5 Å². The van der Waals surface area contributed by atoms with Crippen molar-refractivity contribution >= 4 is 34.2 Å². The Morgan fingerprint density at radius 2 is 1.43 bits per heavy atom. The van der Waals surface area contributed by atoms with E-state index in [0.29, 0.717) is 13.1 Å². The summed E-state index contributed by atoms with van der Waals surface area (Å²) in [6.07, 6.45) is 0. The molecular weight excluding hydrogens is 377 g/mol. The SMILES string of the molecule is NC(=O)CN(Cc1ccc(N)cc1)Cc1ccc(I)cc1.